The fourth-order valence-electron chi connectivity index (χ4n) is 0.681. The second kappa shape index (κ2) is 5.67. The molecule has 0 heterocycles. The standard InChI is InChI=1S/C8H16N/c1-3-5-6-7-8(9)4-2/h4H,2-3,5-7,9H2,1H3. The predicted molar refractivity (Wildman–Crippen MR) is 41.8 cm³/mol. The lowest BCUT2D eigenvalue weighted by atomic mass is 10.2. The first-order valence-electron chi connectivity index (χ1n) is 3.55. The van der Waals surface area contributed by atoms with Crippen LogP contribution in [0, 0.1) is 6.92 Å². The zero-order chi connectivity index (χ0) is 7.11. The average molecular weight is 126 g/mol. The van der Waals surface area contributed by atoms with Crippen LogP contribution < -0.4 is 5.73 Å². The van der Waals surface area contributed by atoms with Crippen molar-refractivity contribution in [3.05, 3.63) is 18.7 Å². The second-order valence-electron chi connectivity index (χ2n) is 2.24. The van der Waals surface area contributed by atoms with Crippen molar-refractivity contribution in [3.63, 3.8) is 0 Å². The monoisotopic (exact) mass is 126 g/mol. The first-order chi connectivity index (χ1) is 4.31. The second-order valence-corrected chi connectivity index (χ2v) is 2.24. The summed E-state index contributed by atoms with van der Waals surface area (Å²) in [6.45, 7) is 5.76. The normalized spacial score (nSPS) is 12.0. The quantitative estimate of drug-likeness (QED) is 0.574. The van der Waals surface area contributed by atoms with E-state index < -0.39 is 0 Å². The van der Waals surface area contributed by atoms with Crippen molar-refractivity contribution in [3.8, 4) is 0 Å². The summed E-state index contributed by atoms with van der Waals surface area (Å²) in [6, 6.07) is 0. The first kappa shape index (κ1) is 8.54. The fraction of sp³-hybridized carbons (Fsp3) is 0.625. The van der Waals surface area contributed by atoms with Gasteiger partial charge in [0.05, 0.1) is 0 Å². The maximum absolute atomic E-state index is 5.51. The molecule has 0 rings (SSSR count). The molecule has 1 nitrogen and oxygen atoms in total. The zero-order valence-corrected chi connectivity index (χ0v) is 6.19. The van der Waals surface area contributed by atoms with E-state index in [1.165, 1.54) is 19.3 Å². The van der Waals surface area contributed by atoms with Crippen LogP contribution in [0.15, 0.2) is 11.8 Å². The van der Waals surface area contributed by atoms with Gasteiger partial charge in [0.1, 0.15) is 0 Å². The van der Waals surface area contributed by atoms with Crippen molar-refractivity contribution < 1.29 is 0 Å². The van der Waals surface area contributed by atoms with Gasteiger partial charge in [-0.1, -0.05) is 25.8 Å². The van der Waals surface area contributed by atoms with Gasteiger partial charge in [-0.15, -0.1) is 0 Å². The van der Waals surface area contributed by atoms with E-state index in [-0.39, 0.29) is 0 Å². The molecule has 0 unspecified atom stereocenters. The molecule has 0 amide bonds. The summed E-state index contributed by atoms with van der Waals surface area (Å²) < 4.78 is 0. The van der Waals surface area contributed by atoms with Gasteiger partial charge >= 0.3 is 0 Å². The van der Waals surface area contributed by atoms with Gasteiger partial charge in [0.15, 0.2) is 0 Å². The summed E-state index contributed by atoms with van der Waals surface area (Å²) >= 11 is 0. The molecular weight excluding hydrogens is 110 g/mol. The highest BCUT2D eigenvalue weighted by Gasteiger charge is 1.87. The van der Waals surface area contributed by atoms with E-state index in [4.69, 9.17) is 5.73 Å². The van der Waals surface area contributed by atoms with Gasteiger partial charge < -0.3 is 5.73 Å². The topological polar surface area (TPSA) is 26.0 Å². The minimum absolute atomic E-state index is 0.920. The van der Waals surface area contributed by atoms with Crippen LogP contribution in [0.2, 0.25) is 0 Å². The molecule has 0 bridgehead atoms. The molecule has 0 aromatic carbocycles. The van der Waals surface area contributed by atoms with Crippen molar-refractivity contribution in [2.45, 2.75) is 32.6 Å². The highest BCUT2D eigenvalue weighted by Crippen LogP contribution is 2.02. The molecule has 53 valence electrons. The minimum Gasteiger partial charge on any atom is -0.402 e. The van der Waals surface area contributed by atoms with Crippen LogP contribution in [0.5, 0.6) is 0 Å². The Balaban J connectivity index is 3.07. The van der Waals surface area contributed by atoms with E-state index in [9.17, 15) is 0 Å². The lowest BCUT2D eigenvalue weighted by Gasteiger charge is -1.97. The lowest BCUT2D eigenvalue weighted by Crippen LogP contribution is -1.95. The number of unbranched alkanes of at least 4 members (excludes halogenated alkanes) is 2. The van der Waals surface area contributed by atoms with Crippen LogP contribution in [0.3, 0.4) is 0 Å². The summed E-state index contributed by atoms with van der Waals surface area (Å²) in [7, 11) is 0. The number of nitrogens with two attached hydrogens (primary N) is 1. The van der Waals surface area contributed by atoms with Gasteiger partial charge in [-0.25, -0.2) is 0 Å². The number of allylic oxidation sites excluding steroid dienone is 2. The maximum atomic E-state index is 5.51. The van der Waals surface area contributed by atoms with Gasteiger partial charge in [0.2, 0.25) is 0 Å². The third-order valence-corrected chi connectivity index (χ3v) is 1.33. The van der Waals surface area contributed by atoms with Crippen molar-refractivity contribution >= 4 is 0 Å². The Morgan fingerprint density at radius 3 is 2.67 bits per heavy atom. The van der Waals surface area contributed by atoms with E-state index in [2.05, 4.69) is 13.8 Å². The van der Waals surface area contributed by atoms with Crippen molar-refractivity contribution in [1.29, 1.82) is 0 Å². The summed E-state index contributed by atoms with van der Waals surface area (Å²) in [5.41, 5.74) is 6.43. The third-order valence-electron chi connectivity index (χ3n) is 1.33. The lowest BCUT2D eigenvalue weighted by molar-refractivity contribution is 0.710. The fourth-order valence-corrected chi connectivity index (χ4v) is 0.681. The Bertz CT molecular complexity index is 84.6. The molecule has 1 radical (unpaired) electrons. The molecule has 0 aliphatic heterocycles. The summed E-state index contributed by atoms with van der Waals surface area (Å²) in [4.78, 5) is 0. The molecule has 1 heteroatoms. The molecule has 0 saturated heterocycles. The molecule has 0 saturated carbocycles. The summed E-state index contributed by atoms with van der Waals surface area (Å²) in [5, 5.41) is 0. The van der Waals surface area contributed by atoms with E-state index in [1.807, 2.05) is 0 Å². The summed E-state index contributed by atoms with van der Waals surface area (Å²) in [6.07, 6.45) is 6.47. The maximum Gasteiger partial charge on any atom is 0.00400 e. The number of hydrogen-bond donors (Lipinski definition) is 1. The van der Waals surface area contributed by atoms with E-state index >= 15 is 0 Å². The Hall–Kier alpha value is -0.460. The number of hydrogen-bond acceptors (Lipinski definition) is 1. The molecule has 0 aliphatic carbocycles. The molecule has 0 aromatic heterocycles. The first-order valence-corrected chi connectivity index (χ1v) is 3.55. The van der Waals surface area contributed by atoms with Gasteiger partial charge in [0, 0.05) is 5.70 Å². The van der Waals surface area contributed by atoms with Crippen LogP contribution in [0.25, 0.3) is 0 Å². The van der Waals surface area contributed by atoms with Gasteiger partial charge in [-0.3, -0.25) is 0 Å². The SMILES string of the molecule is [CH2]C=C(N)CCCCC. The molecule has 0 aromatic rings. The van der Waals surface area contributed by atoms with Crippen LogP contribution in [-0.2, 0) is 0 Å². The largest absolute Gasteiger partial charge is 0.402 e. The zero-order valence-electron chi connectivity index (χ0n) is 6.19. The molecular formula is C8H16N. The van der Waals surface area contributed by atoms with Crippen LogP contribution in [-0.4, -0.2) is 0 Å². The van der Waals surface area contributed by atoms with E-state index in [0.29, 0.717) is 0 Å². The van der Waals surface area contributed by atoms with Crippen molar-refractivity contribution in [2.75, 3.05) is 0 Å². The smallest absolute Gasteiger partial charge is 0.00400 e. The Labute approximate surface area is 57.9 Å². The van der Waals surface area contributed by atoms with E-state index in [0.717, 1.165) is 12.1 Å². The van der Waals surface area contributed by atoms with E-state index in [1.54, 1.807) is 6.08 Å². The molecule has 0 fully saturated rings. The molecule has 9 heavy (non-hydrogen) atoms. The molecule has 0 spiro atoms. The van der Waals surface area contributed by atoms with Crippen LogP contribution in [0.1, 0.15) is 32.6 Å². The third kappa shape index (κ3) is 5.41. The molecule has 2 N–H and O–H groups in total. The van der Waals surface area contributed by atoms with Gasteiger partial charge in [-0.05, 0) is 19.8 Å². The van der Waals surface area contributed by atoms with Crippen LogP contribution >= 0.6 is 0 Å². The van der Waals surface area contributed by atoms with Crippen LogP contribution in [0.4, 0.5) is 0 Å². The molecule has 0 atom stereocenters. The Morgan fingerprint density at radius 1 is 1.56 bits per heavy atom. The predicted octanol–water partition coefficient (Wildman–Crippen LogP) is 2.24. The highest BCUT2D eigenvalue weighted by atomic mass is 14.6. The number of rotatable bonds is 4. The average Bonchev–Trinajstić information content (AvgIpc) is 1.89. The van der Waals surface area contributed by atoms with Gasteiger partial charge in [0.25, 0.3) is 0 Å². The Morgan fingerprint density at radius 2 is 2.22 bits per heavy atom. The van der Waals surface area contributed by atoms with Crippen molar-refractivity contribution in [2.24, 2.45) is 5.73 Å². The molecule has 0 aliphatic rings. The Kier molecular flexibility index (Phi) is 5.38. The van der Waals surface area contributed by atoms with Crippen molar-refractivity contribution in [1.82, 2.24) is 0 Å². The van der Waals surface area contributed by atoms with Gasteiger partial charge in [-0.2, -0.15) is 0 Å². The highest BCUT2D eigenvalue weighted by molar-refractivity contribution is 4.97. The summed E-state index contributed by atoms with van der Waals surface area (Å²) in [5.74, 6) is 0. The minimum atomic E-state index is 0.920.